The number of nitrogen functional groups attached to an aromatic ring is 1. The molecule has 0 aliphatic carbocycles. The van der Waals surface area contributed by atoms with Crippen LogP contribution in [-0.4, -0.2) is 0 Å². The van der Waals surface area contributed by atoms with Crippen molar-refractivity contribution in [2.45, 2.75) is 18.8 Å². The summed E-state index contributed by atoms with van der Waals surface area (Å²) in [7, 11) is 0. The van der Waals surface area contributed by atoms with Crippen LogP contribution in [0.3, 0.4) is 0 Å². The fourth-order valence-corrected chi connectivity index (χ4v) is 2.06. The van der Waals surface area contributed by atoms with E-state index >= 15 is 0 Å². The van der Waals surface area contributed by atoms with Crippen LogP contribution in [0, 0.1) is 11.3 Å². The molecule has 0 fully saturated rings. The molecule has 0 saturated heterocycles. The number of anilines is 1. The van der Waals surface area contributed by atoms with Crippen LogP contribution >= 0.6 is 0 Å². The third-order valence-electron chi connectivity index (χ3n) is 3.20. The molecule has 0 bridgehead atoms. The number of hydrogen-bond donors (Lipinski definition) is 1. The van der Waals surface area contributed by atoms with Crippen LogP contribution in [0.15, 0.2) is 54.6 Å². The molecule has 1 unspecified atom stereocenters. The van der Waals surface area contributed by atoms with E-state index in [-0.39, 0.29) is 0 Å². The number of benzene rings is 2. The monoisotopic (exact) mass is 236 g/mol. The first-order valence-corrected chi connectivity index (χ1v) is 5.95. The summed E-state index contributed by atoms with van der Waals surface area (Å²) >= 11 is 0. The Morgan fingerprint density at radius 1 is 1.06 bits per heavy atom. The van der Waals surface area contributed by atoms with Gasteiger partial charge in [0.2, 0.25) is 0 Å². The maximum absolute atomic E-state index is 9.49. The fraction of sp³-hybridized carbons (Fsp3) is 0.188. The van der Waals surface area contributed by atoms with E-state index in [1.54, 1.807) is 0 Å². The largest absolute Gasteiger partial charge is 0.399 e. The van der Waals surface area contributed by atoms with Gasteiger partial charge in [-0.15, -0.1) is 0 Å². The molecule has 0 amide bonds. The number of hydrogen-bond acceptors (Lipinski definition) is 2. The van der Waals surface area contributed by atoms with Crippen molar-refractivity contribution in [1.29, 1.82) is 5.26 Å². The molecule has 2 N–H and O–H groups in total. The predicted octanol–water partition coefficient (Wildman–Crippen LogP) is 3.29. The van der Waals surface area contributed by atoms with Crippen molar-refractivity contribution in [2.24, 2.45) is 0 Å². The lowest BCUT2D eigenvalue weighted by molar-refractivity contribution is 0.606. The molecule has 90 valence electrons. The van der Waals surface area contributed by atoms with Gasteiger partial charge in [-0.2, -0.15) is 5.26 Å². The number of nitrogens with zero attached hydrogens (tertiary/aromatic N) is 1. The van der Waals surface area contributed by atoms with Crippen molar-refractivity contribution < 1.29 is 0 Å². The Bertz CT molecular complexity index is 552. The molecule has 1 atom stereocenters. The Balaban J connectivity index is 2.32. The summed E-state index contributed by atoms with van der Waals surface area (Å²) in [5.74, 6) is 0. The SMILES string of the molecule is CC(C#N)(Cc1ccccc1)c1ccc(N)cc1. The lowest BCUT2D eigenvalue weighted by Gasteiger charge is -2.22. The lowest BCUT2D eigenvalue weighted by atomic mass is 9.78. The van der Waals surface area contributed by atoms with E-state index in [9.17, 15) is 5.26 Å². The average Bonchev–Trinajstić information content (AvgIpc) is 2.40. The van der Waals surface area contributed by atoms with Gasteiger partial charge >= 0.3 is 0 Å². The van der Waals surface area contributed by atoms with Crippen LogP contribution in [0.25, 0.3) is 0 Å². The molecule has 2 rings (SSSR count). The number of nitriles is 1. The maximum atomic E-state index is 9.49. The van der Waals surface area contributed by atoms with Gasteiger partial charge in [0.25, 0.3) is 0 Å². The zero-order chi connectivity index (χ0) is 13.0. The van der Waals surface area contributed by atoms with Crippen molar-refractivity contribution in [3.63, 3.8) is 0 Å². The van der Waals surface area contributed by atoms with Gasteiger partial charge < -0.3 is 5.73 Å². The fourth-order valence-electron chi connectivity index (χ4n) is 2.06. The van der Waals surface area contributed by atoms with Gasteiger partial charge in [-0.25, -0.2) is 0 Å². The Kier molecular flexibility index (Phi) is 3.34. The molecule has 2 aromatic carbocycles. The summed E-state index contributed by atoms with van der Waals surface area (Å²) in [4.78, 5) is 0. The highest BCUT2D eigenvalue weighted by Crippen LogP contribution is 2.28. The lowest BCUT2D eigenvalue weighted by Crippen LogP contribution is -2.22. The van der Waals surface area contributed by atoms with Crippen LogP contribution < -0.4 is 5.73 Å². The third-order valence-corrected chi connectivity index (χ3v) is 3.20. The molecule has 2 aromatic rings. The first kappa shape index (κ1) is 12.2. The zero-order valence-corrected chi connectivity index (χ0v) is 10.4. The molecule has 2 heteroatoms. The summed E-state index contributed by atoms with van der Waals surface area (Å²) in [6, 6.07) is 20.0. The van der Waals surface area contributed by atoms with Crippen molar-refractivity contribution >= 4 is 5.69 Å². The van der Waals surface area contributed by atoms with Crippen LogP contribution in [0.2, 0.25) is 0 Å². The topological polar surface area (TPSA) is 49.8 Å². The molecule has 0 aliphatic heterocycles. The molecule has 0 aliphatic rings. The predicted molar refractivity (Wildman–Crippen MR) is 74.0 cm³/mol. The van der Waals surface area contributed by atoms with Gasteiger partial charge in [0.15, 0.2) is 0 Å². The Labute approximate surface area is 108 Å². The smallest absolute Gasteiger partial charge is 0.0834 e. The van der Waals surface area contributed by atoms with Crippen LogP contribution in [0.4, 0.5) is 5.69 Å². The molecule has 0 heterocycles. The first-order chi connectivity index (χ1) is 8.64. The minimum atomic E-state index is -0.519. The molecule has 0 spiro atoms. The maximum Gasteiger partial charge on any atom is 0.0834 e. The standard InChI is InChI=1S/C16H16N2/c1-16(12-17,11-13-5-3-2-4-6-13)14-7-9-15(18)10-8-14/h2-10H,11,18H2,1H3. The second-order valence-electron chi connectivity index (χ2n) is 4.73. The quantitative estimate of drug-likeness (QED) is 0.831. The molecule has 18 heavy (non-hydrogen) atoms. The van der Waals surface area contributed by atoms with Gasteiger partial charge in [0.1, 0.15) is 0 Å². The zero-order valence-electron chi connectivity index (χ0n) is 10.4. The first-order valence-electron chi connectivity index (χ1n) is 5.95. The molecule has 0 radical (unpaired) electrons. The van der Waals surface area contributed by atoms with E-state index in [0.717, 1.165) is 11.3 Å². The van der Waals surface area contributed by atoms with Gasteiger partial charge in [-0.05, 0) is 36.6 Å². The molecular formula is C16H16N2. The van der Waals surface area contributed by atoms with Gasteiger partial charge in [-0.1, -0.05) is 42.5 Å². The molecule has 2 nitrogen and oxygen atoms in total. The number of nitrogens with two attached hydrogens (primary N) is 1. The summed E-state index contributed by atoms with van der Waals surface area (Å²) in [6.45, 7) is 1.96. The van der Waals surface area contributed by atoms with Crippen molar-refractivity contribution in [3.8, 4) is 6.07 Å². The Hall–Kier alpha value is -2.27. The summed E-state index contributed by atoms with van der Waals surface area (Å²) < 4.78 is 0. The van der Waals surface area contributed by atoms with E-state index in [1.165, 1.54) is 5.56 Å². The van der Waals surface area contributed by atoms with Gasteiger partial charge in [0, 0.05) is 5.69 Å². The minimum Gasteiger partial charge on any atom is -0.399 e. The number of rotatable bonds is 3. The highest BCUT2D eigenvalue weighted by atomic mass is 14.5. The van der Waals surface area contributed by atoms with Gasteiger partial charge in [0.05, 0.1) is 11.5 Å². The Morgan fingerprint density at radius 3 is 2.22 bits per heavy atom. The van der Waals surface area contributed by atoms with Crippen molar-refractivity contribution in [2.75, 3.05) is 5.73 Å². The summed E-state index contributed by atoms with van der Waals surface area (Å²) in [6.07, 6.45) is 0.703. The van der Waals surface area contributed by atoms with E-state index < -0.39 is 5.41 Å². The van der Waals surface area contributed by atoms with E-state index in [0.29, 0.717) is 6.42 Å². The minimum absolute atomic E-state index is 0.519. The van der Waals surface area contributed by atoms with E-state index in [4.69, 9.17) is 5.73 Å². The molecular weight excluding hydrogens is 220 g/mol. The van der Waals surface area contributed by atoms with Crippen molar-refractivity contribution in [3.05, 3.63) is 65.7 Å². The van der Waals surface area contributed by atoms with Gasteiger partial charge in [-0.3, -0.25) is 0 Å². The summed E-state index contributed by atoms with van der Waals surface area (Å²) in [5, 5.41) is 9.49. The second-order valence-corrected chi connectivity index (χ2v) is 4.73. The molecule has 0 saturated carbocycles. The van der Waals surface area contributed by atoms with Crippen LogP contribution in [-0.2, 0) is 11.8 Å². The molecule has 0 aromatic heterocycles. The Morgan fingerprint density at radius 2 is 1.67 bits per heavy atom. The second kappa shape index (κ2) is 4.93. The normalized spacial score (nSPS) is 13.6. The highest BCUT2D eigenvalue weighted by Gasteiger charge is 2.26. The average molecular weight is 236 g/mol. The highest BCUT2D eigenvalue weighted by molar-refractivity contribution is 5.44. The van der Waals surface area contributed by atoms with Crippen LogP contribution in [0.5, 0.6) is 0 Å². The van der Waals surface area contributed by atoms with Crippen molar-refractivity contribution in [1.82, 2.24) is 0 Å². The summed E-state index contributed by atoms with van der Waals surface area (Å²) in [5.41, 5.74) is 8.05. The van der Waals surface area contributed by atoms with E-state index in [1.807, 2.05) is 61.5 Å². The third kappa shape index (κ3) is 2.52. The van der Waals surface area contributed by atoms with E-state index in [2.05, 4.69) is 6.07 Å². The van der Waals surface area contributed by atoms with Crippen LogP contribution in [0.1, 0.15) is 18.1 Å².